The molecule has 0 spiro atoms. The minimum atomic E-state index is -0.432. The van der Waals surface area contributed by atoms with E-state index in [1.807, 2.05) is 43.3 Å². The Labute approximate surface area is 127 Å². The van der Waals surface area contributed by atoms with Gasteiger partial charge < -0.3 is 4.74 Å². The fraction of sp³-hybridized carbons (Fsp3) is 0.118. The molecule has 0 atom stereocenters. The monoisotopic (exact) mass is 293 g/mol. The summed E-state index contributed by atoms with van der Waals surface area (Å²) in [6.07, 6.45) is 0. The highest BCUT2D eigenvalue weighted by atomic mass is 16.5. The third-order valence-electron chi connectivity index (χ3n) is 3.23. The van der Waals surface area contributed by atoms with E-state index in [0.29, 0.717) is 11.3 Å². The predicted molar refractivity (Wildman–Crippen MR) is 84.1 cm³/mol. The Morgan fingerprint density at radius 2 is 1.77 bits per heavy atom. The molecule has 5 nitrogen and oxygen atoms in total. The number of carbonyl (C=O) groups excluding carboxylic acids is 1. The van der Waals surface area contributed by atoms with Crippen LogP contribution in [0.1, 0.15) is 12.5 Å². The minimum absolute atomic E-state index is 0.364. The molecule has 5 heteroatoms. The average molecular weight is 293 g/mol. The Morgan fingerprint density at radius 1 is 1.14 bits per heavy atom. The second-order valence-electron chi connectivity index (χ2n) is 5.10. The summed E-state index contributed by atoms with van der Waals surface area (Å²) in [4.78, 5) is 13.2. The number of hydrogen-bond acceptors (Lipinski definition) is 4. The van der Waals surface area contributed by atoms with Gasteiger partial charge in [-0.1, -0.05) is 18.7 Å². The molecule has 2 aromatic carbocycles. The predicted octanol–water partition coefficient (Wildman–Crippen LogP) is 3.21. The molecular formula is C17H15N3O2. The van der Waals surface area contributed by atoms with Crippen LogP contribution in [0.5, 0.6) is 5.75 Å². The van der Waals surface area contributed by atoms with Crippen molar-refractivity contribution in [2.45, 2.75) is 13.8 Å². The van der Waals surface area contributed by atoms with E-state index in [-0.39, 0.29) is 0 Å². The van der Waals surface area contributed by atoms with Crippen LogP contribution in [0.3, 0.4) is 0 Å². The molecule has 0 saturated heterocycles. The van der Waals surface area contributed by atoms with Gasteiger partial charge in [0, 0.05) is 5.57 Å². The zero-order valence-electron chi connectivity index (χ0n) is 12.4. The number of fused-ring (bicyclic) bond motifs is 1. The normalized spacial score (nSPS) is 10.6. The lowest BCUT2D eigenvalue weighted by molar-refractivity contribution is -0.130. The van der Waals surface area contributed by atoms with Gasteiger partial charge in [-0.15, -0.1) is 10.2 Å². The van der Waals surface area contributed by atoms with Crippen molar-refractivity contribution in [2.75, 3.05) is 0 Å². The van der Waals surface area contributed by atoms with Gasteiger partial charge in [0.1, 0.15) is 16.8 Å². The van der Waals surface area contributed by atoms with E-state index in [0.717, 1.165) is 22.3 Å². The number of rotatable bonds is 3. The molecule has 0 aliphatic carbocycles. The Kier molecular flexibility index (Phi) is 3.47. The summed E-state index contributed by atoms with van der Waals surface area (Å²) in [7, 11) is 0. The molecule has 0 bridgehead atoms. The molecule has 0 radical (unpaired) electrons. The van der Waals surface area contributed by atoms with Crippen molar-refractivity contribution in [3.05, 3.63) is 60.2 Å². The summed E-state index contributed by atoms with van der Waals surface area (Å²) in [5.41, 5.74) is 3.66. The van der Waals surface area contributed by atoms with E-state index in [1.165, 1.54) is 0 Å². The topological polar surface area (TPSA) is 57.0 Å². The maximum absolute atomic E-state index is 11.6. The van der Waals surface area contributed by atoms with Gasteiger partial charge in [0.05, 0.1) is 5.69 Å². The van der Waals surface area contributed by atoms with Crippen LogP contribution in [0.4, 0.5) is 0 Å². The highest BCUT2D eigenvalue weighted by Gasteiger charge is 2.10. The molecule has 1 heterocycles. The third-order valence-corrected chi connectivity index (χ3v) is 3.23. The summed E-state index contributed by atoms with van der Waals surface area (Å²) in [5.74, 6) is 0.0762. The van der Waals surface area contributed by atoms with Crippen molar-refractivity contribution in [1.82, 2.24) is 15.0 Å². The lowest BCUT2D eigenvalue weighted by Crippen LogP contribution is -2.09. The lowest BCUT2D eigenvalue weighted by Gasteiger charge is -2.08. The molecule has 0 fully saturated rings. The minimum Gasteiger partial charge on any atom is -0.423 e. The van der Waals surface area contributed by atoms with Crippen LogP contribution in [0.2, 0.25) is 0 Å². The molecule has 3 rings (SSSR count). The number of aromatic nitrogens is 3. The number of carbonyl (C=O) groups is 1. The van der Waals surface area contributed by atoms with Gasteiger partial charge in [-0.2, -0.15) is 4.80 Å². The third kappa shape index (κ3) is 2.61. The first-order valence-electron chi connectivity index (χ1n) is 6.85. The van der Waals surface area contributed by atoms with Gasteiger partial charge in [-0.05, 0) is 49.7 Å². The van der Waals surface area contributed by atoms with Crippen molar-refractivity contribution in [3.8, 4) is 11.4 Å². The Balaban J connectivity index is 1.94. The van der Waals surface area contributed by atoms with E-state index < -0.39 is 5.97 Å². The molecule has 0 unspecified atom stereocenters. The first-order chi connectivity index (χ1) is 10.5. The molecule has 110 valence electrons. The van der Waals surface area contributed by atoms with Crippen LogP contribution >= 0.6 is 0 Å². The van der Waals surface area contributed by atoms with Gasteiger partial charge >= 0.3 is 5.97 Å². The number of hydrogen-bond donors (Lipinski definition) is 0. The molecule has 0 saturated carbocycles. The second kappa shape index (κ2) is 5.44. The van der Waals surface area contributed by atoms with Gasteiger partial charge in [0.25, 0.3) is 0 Å². The van der Waals surface area contributed by atoms with E-state index >= 15 is 0 Å². The van der Waals surface area contributed by atoms with Gasteiger partial charge in [0.2, 0.25) is 0 Å². The molecule has 0 aliphatic heterocycles. The molecule has 0 amide bonds. The number of esters is 1. The second-order valence-corrected chi connectivity index (χ2v) is 5.10. The maximum atomic E-state index is 11.6. The van der Waals surface area contributed by atoms with Crippen molar-refractivity contribution in [1.29, 1.82) is 0 Å². The lowest BCUT2D eigenvalue weighted by atomic mass is 10.2. The summed E-state index contributed by atoms with van der Waals surface area (Å²) < 4.78 is 5.27. The highest BCUT2D eigenvalue weighted by molar-refractivity contribution is 5.89. The van der Waals surface area contributed by atoms with Crippen LogP contribution in [0, 0.1) is 6.92 Å². The smallest absolute Gasteiger partial charge is 0.338 e. The molecule has 3 aromatic rings. The molecule has 1 aromatic heterocycles. The molecule has 0 aliphatic rings. The van der Waals surface area contributed by atoms with Crippen molar-refractivity contribution >= 4 is 17.0 Å². The summed E-state index contributed by atoms with van der Waals surface area (Å²) in [6, 6.07) is 13.1. The van der Waals surface area contributed by atoms with E-state index in [2.05, 4.69) is 16.8 Å². The van der Waals surface area contributed by atoms with Gasteiger partial charge in [0.15, 0.2) is 0 Å². The van der Waals surface area contributed by atoms with Crippen LogP contribution in [0.25, 0.3) is 16.7 Å². The largest absolute Gasteiger partial charge is 0.423 e. The Hall–Kier alpha value is -2.95. The van der Waals surface area contributed by atoms with Crippen molar-refractivity contribution in [2.24, 2.45) is 0 Å². The summed E-state index contributed by atoms with van der Waals surface area (Å²) >= 11 is 0. The highest BCUT2D eigenvalue weighted by Crippen LogP contribution is 2.22. The Bertz CT molecular complexity index is 847. The van der Waals surface area contributed by atoms with E-state index in [9.17, 15) is 4.79 Å². The zero-order chi connectivity index (χ0) is 15.7. The molecular weight excluding hydrogens is 278 g/mol. The van der Waals surface area contributed by atoms with Crippen molar-refractivity contribution < 1.29 is 9.53 Å². The van der Waals surface area contributed by atoms with E-state index in [4.69, 9.17) is 4.74 Å². The Morgan fingerprint density at radius 3 is 2.32 bits per heavy atom. The standard InChI is InChI=1S/C17H15N3O2/c1-11(2)17(21)22-16-9-8-13(10-12(16)3)20-18-14-6-4-5-7-15(14)19-20/h4-10H,1H2,2-3H3. The fourth-order valence-corrected chi connectivity index (χ4v) is 2.03. The molecule has 0 N–H and O–H groups in total. The van der Waals surface area contributed by atoms with Gasteiger partial charge in [-0.25, -0.2) is 4.79 Å². The summed E-state index contributed by atoms with van der Waals surface area (Å²) in [6.45, 7) is 7.06. The summed E-state index contributed by atoms with van der Waals surface area (Å²) in [5, 5.41) is 8.85. The quantitative estimate of drug-likeness (QED) is 0.423. The van der Waals surface area contributed by atoms with Crippen LogP contribution in [0.15, 0.2) is 54.6 Å². The average Bonchev–Trinajstić information content (AvgIpc) is 2.93. The van der Waals surface area contributed by atoms with Crippen LogP contribution in [-0.4, -0.2) is 21.0 Å². The number of aryl methyl sites for hydroxylation is 1. The SMILES string of the molecule is C=C(C)C(=O)Oc1ccc(-n2nc3ccccc3n2)cc1C. The van der Waals surface area contributed by atoms with Crippen molar-refractivity contribution in [3.63, 3.8) is 0 Å². The molecule has 22 heavy (non-hydrogen) atoms. The number of nitrogens with zero attached hydrogens (tertiary/aromatic N) is 3. The number of ether oxygens (including phenoxy) is 1. The first-order valence-corrected chi connectivity index (χ1v) is 6.85. The van der Waals surface area contributed by atoms with Gasteiger partial charge in [-0.3, -0.25) is 0 Å². The number of benzene rings is 2. The first kappa shape index (κ1) is 14.0. The van der Waals surface area contributed by atoms with Crippen LogP contribution in [-0.2, 0) is 4.79 Å². The van der Waals surface area contributed by atoms with Crippen LogP contribution < -0.4 is 4.74 Å². The maximum Gasteiger partial charge on any atom is 0.338 e. The fourth-order valence-electron chi connectivity index (χ4n) is 2.03. The van der Waals surface area contributed by atoms with E-state index in [1.54, 1.807) is 17.8 Å². The zero-order valence-corrected chi connectivity index (χ0v) is 12.4.